The van der Waals surface area contributed by atoms with Crippen LogP contribution in [0.3, 0.4) is 0 Å². The number of carbonyl (C=O) groups is 1. The van der Waals surface area contributed by atoms with Crippen molar-refractivity contribution in [1.29, 1.82) is 0 Å². The van der Waals surface area contributed by atoms with E-state index in [0.717, 1.165) is 35.7 Å². The predicted molar refractivity (Wildman–Crippen MR) is 88.5 cm³/mol. The van der Waals surface area contributed by atoms with Crippen LogP contribution < -0.4 is 0 Å². The van der Waals surface area contributed by atoms with Gasteiger partial charge in [-0.3, -0.25) is 4.79 Å². The fraction of sp³-hybridized carbons (Fsp3) is 0.588. The molecule has 124 valence electrons. The molecule has 0 N–H and O–H groups in total. The Morgan fingerprint density at radius 3 is 2.87 bits per heavy atom. The molecule has 0 radical (unpaired) electrons. The Balaban J connectivity index is 1.81. The molecule has 2 aromatic rings. The first-order valence-corrected chi connectivity index (χ1v) is 8.81. The third kappa shape index (κ3) is 3.32. The lowest BCUT2D eigenvalue weighted by atomic mass is 9.91. The van der Waals surface area contributed by atoms with Gasteiger partial charge in [-0.05, 0) is 26.2 Å². The molecule has 0 aromatic carbocycles. The average Bonchev–Trinajstić information content (AvgIpc) is 3.12. The predicted octanol–water partition coefficient (Wildman–Crippen LogP) is 3.76. The Bertz CT molecular complexity index is 712. The fourth-order valence-electron chi connectivity index (χ4n) is 2.66. The van der Waals surface area contributed by atoms with Crippen LogP contribution in [0.2, 0.25) is 0 Å². The third-order valence-electron chi connectivity index (χ3n) is 3.92. The van der Waals surface area contributed by atoms with Crippen LogP contribution in [0.25, 0.3) is 10.7 Å². The number of fused-ring (bicyclic) bond motifs is 1. The van der Waals surface area contributed by atoms with E-state index in [1.165, 1.54) is 4.88 Å². The van der Waals surface area contributed by atoms with Crippen molar-refractivity contribution in [2.75, 3.05) is 6.61 Å². The normalized spacial score (nSPS) is 17.8. The van der Waals surface area contributed by atoms with Crippen molar-refractivity contribution in [3.8, 4) is 10.7 Å². The average molecular weight is 334 g/mol. The first-order valence-electron chi connectivity index (χ1n) is 8.00. The quantitative estimate of drug-likeness (QED) is 0.800. The molecule has 0 spiro atoms. The molecule has 5 nitrogen and oxygen atoms in total. The highest BCUT2D eigenvalue weighted by Crippen LogP contribution is 2.35. The minimum absolute atomic E-state index is 0.0433. The number of hydrogen-bond donors (Lipinski definition) is 0. The monoisotopic (exact) mass is 334 g/mol. The smallest absolute Gasteiger partial charge is 0.309 e. The summed E-state index contributed by atoms with van der Waals surface area (Å²) in [6, 6.07) is 0. The van der Waals surface area contributed by atoms with Gasteiger partial charge in [0.1, 0.15) is 17.0 Å². The first-order chi connectivity index (χ1) is 10.9. The van der Waals surface area contributed by atoms with Crippen molar-refractivity contribution in [3.05, 3.63) is 22.7 Å². The molecule has 2 heterocycles. The maximum absolute atomic E-state index is 11.9. The Morgan fingerprint density at radius 1 is 1.43 bits per heavy atom. The lowest BCUT2D eigenvalue weighted by molar-refractivity contribution is -0.148. The van der Waals surface area contributed by atoms with Crippen LogP contribution in [0.4, 0.5) is 0 Å². The number of ether oxygens (including phenoxy) is 1. The second-order valence-corrected chi connectivity index (χ2v) is 7.95. The number of aryl methyl sites for hydroxylation is 1. The number of oxazole rings is 1. The van der Waals surface area contributed by atoms with Crippen LogP contribution in [0, 0.1) is 5.92 Å². The summed E-state index contributed by atoms with van der Waals surface area (Å²) in [6.07, 6.45) is 4.02. The zero-order valence-corrected chi connectivity index (χ0v) is 14.8. The topological polar surface area (TPSA) is 65.2 Å². The lowest BCUT2D eigenvalue weighted by Gasteiger charge is -2.19. The second-order valence-electron chi connectivity index (χ2n) is 6.87. The standard InChI is InChI=1S/C17H22N2O3S/c1-5-21-15(20)10-6-7-11-13(8-10)23-14(18-11)12-9-22-16(19-12)17(2,3)4/h9-10H,5-8H2,1-4H3. The fourth-order valence-corrected chi connectivity index (χ4v) is 3.80. The van der Waals surface area contributed by atoms with Gasteiger partial charge in [0.2, 0.25) is 0 Å². The number of carbonyl (C=O) groups excluding carboxylic acids is 1. The van der Waals surface area contributed by atoms with Crippen LogP contribution in [0.15, 0.2) is 10.7 Å². The van der Waals surface area contributed by atoms with Gasteiger partial charge < -0.3 is 9.15 Å². The molecule has 0 aliphatic heterocycles. The maximum atomic E-state index is 11.9. The maximum Gasteiger partial charge on any atom is 0.309 e. The number of thiazole rings is 1. The Morgan fingerprint density at radius 2 is 2.22 bits per heavy atom. The van der Waals surface area contributed by atoms with Crippen molar-refractivity contribution >= 4 is 17.3 Å². The minimum Gasteiger partial charge on any atom is -0.466 e. The van der Waals surface area contributed by atoms with Gasteiger partial charge in [-0.15, -0.1) is 11.3 Å². The summed E-state index contributed by atoms with van der Waals surface area (Å²) in [5, 5.41) is 0.874. The number of nitrogens with zero attached hydrogens (tertiary/aromatic N) is 2. The Labute approximate surface area is 140 Å². The molecule has 6 heteroatoms. The van der Waals surface area contributed by atoms with Gasteiger partial charge >= 0.3 is 5.97 Å². The van der Waals surface area contributed by atoms with Gasteiger partial charge in [0.15, 0.2) is 5.89 Å². The highest BCUT2D eigenvalue weighted by Gasteiger charge is 2.29. The molecule has 0 bridgehead atoms. The molecule has 0 saturated carbocycles. The van der Waals surface area contributed by atoms with Gasteiger partial charge in [0.25, 0.3) is 0 Å². The summed E-state index contributed by atoms with van der Waals surface area (Å²) in [5.41, 5.74) is 1.75. The van der Waals surface area contributed by atoms with E-state index in [0.29, 0.717) is 12.5 Å². The Hall–Kier alpha value is -1.69. The molecule has 2 aromatic heterocycles. The molecular formula is C17H22N2O3S. The van der Waals surface area contributed by atoms with Crippen molar-refractivity contribution < 1.29 is 13.9 Å². The van der Waals surface area contributed by atoms with Crippen LogP contribution in [0.5, 0.6) is 0 Å². The zero-order chi connectivity index (χ0) is 16.6. The number of rotatable bonds is 3. The molecule has 1 atom stereocenters. The van der Waals surface area contributed by atoms with Gasteiger partial charge in [0, 0.05) is 10.3 Å². The molecule has 23 heavy (non-hydrogen) atoms. The number of hydrogen-bond acceptors (Lipinski definition) is 6. The van der Waals surface area contributed by atoms with Crippen LogP contribution in [0.1, 0.15) is 50.6 Å². The van der Waals surface area contributed by atoms with Crippen LogP contribution in [-0.2, 0) is 27.8 Å². The second kappa shape index (κ2) is 6.07. The Kier molecular flexibility index (Phi) is 4.27. The summed E-state index contributed by atoms with van der Waals surface area (Å²) in [7, 11) is 0. The van der Waals surface area contributed by atoms with E-state index in [1.54, 1.807) is 17.6 Å². The molecule has 0 saturated heterocycles. The van der Waals surface area contributed by atoms with Crippen LogP contribution >= 0.6 is 11.3 Å². The highest BCUT2D eigenvalue weighted by molar-refractivity contribution is 7.15. The van der Waals surface area contributed by atoms with Crippen LogP contribution in [-0.4, -0.2) is 22.5 Å². The van der Waals surface area contributed by atoms with E-state index in [-0.39, 0.29) is 17.3 Å². The van der Waals surface area contributed by atoms with E-state index in [2.05, 4.69) is 25.8 Å². The number of aromatic nitrogens is 2. The van der Waals surface area contributed by atoms with Crippen molar-refractivity contribution in [2.45, 2.75) is 52.4 Å². The summed E-state index contributed by atoms with van der Waals surface area (Å²) >= 11 is 1.61. The molecular weight excluding hydrogens is 312 g/mol. The van der Waals surface area contributed by atoms with Gasteiger partial charge in [-0.25, -0.2) is 9.97 Å². The lowest BCUT2D eigenvalue weighted by Crippen LogP contribution is -2.24. The third-order valence-corrected chi connectivity index (χ3v) is 5.07. The van der Waals surface area contributed by atoms with Gasteiger partial charge in [-0.2, -0.15) is 0 Å². The summed E-state index contributed by atoms with van der Waals surface area (Å²) in [4.78, 5) is 22.4. The molecule has 1 aliphatic carbocycles. The van der Waals surface area contributed by atoms with E-state index in [9.17, 15) is 4.79 Å². The molecule has 1 aliphatic rings. The minimum atomic E-state index is -0.121. The summed E-state index contributed by atoms with van der Waals surface area (Å²) in [6.45, 7) is 8.48. The zero-order valence-electron chi connectivity index (χ0n) is 14.0. The highest BCUT2D eigenvalue weighted by atomic mass is 32.1. The van der Waals surface area contributed by atoms with E-state index in [1.807, 2.05) is 6.92 Å². The SMILES string of the molecule is CCOC(=O)C1CCc2nc(-c3coc(C(C)(C)C)n3)sc2C1. The first kappa shape index (κ1) is 16.2. The van der Waals surface area contributed by atoms with E-state index >= 15 is 0 Å². The van der Waals surface area contributed by atoms with E-state index in [4.69, 9.17) is 14.1 Å². The largest absolute Gasteiger partial charge is 0.466 e. The molecule has 0 fully saturated rings. The van der Waals surface area contributed by atoms with Crippen molar-refractivity contribution in [2.24, 2.45) is 5.92 Å². The van der Waals surface area contributed by atoms with Gasteiger partial charge in [-0.1, -0.05) is 20.8 Å². The molecule has 3 rings (SSSR count). The van der Waals surface area contributed by atoms with E-state index < -0.39 is 0 Å². The van der Waals surface area contributed by atoms with Crippen molar-refractivity contribution in [3.63, 3.8) is 0 Å². The molecule has 1 unspecified atom stereocenters. The summed E-state index contributed by atoms with van der Waals surface area (Å²) < 4.78 is 10.7. The molecule has 0 amide bonds. The summed E-state index contributed by atoms with van der Waals surface area (Å²) in [5.74, 6) is 0.577. The number of esters is 1. The van der Waals surface area contributed by atoms with Crippen molar-refractivity contribution in [1.82, 2.24) is 9.97 Å². The van der Waals surface area contributed by atoms with Gasteiger partial charge in [0.05, 0.1) is 18.2 Å².